The number of benzene rings is 1. The van der Waals surface area contributed by atoms with Crippen LogP contribution in [0.4, 0.5) is 10.1 Å². The van der Waals surface area contributed by atoms with Crippen molar-refractivity contribution in [1.82, 2.24) is 0 Å². The summed E-state index contributed by atoms with van der Waals surface area (Å²) in [5, 5.41) is 4.32. The topological polar surface area (TPSA) is 24.4 Å². The third-order valence-electron chi connectivity index (χ3n) is 2.56. The molecule has 0 saturated carbocycles. The van der Waals surface area contributed by atoms with E-state index in [-0.39, 0.29) is 5.82 Å². The third-order valence-corrected chi connectivity index (χ3v) is 3.76. The highest BCUT2D eigenvalue weighted by Gasteiger charge is 2.21. The van der Waals surface area contributed by atoms with E-state index in [0.717, 1.165) is 10.9 Å². The van der Waals surface area contributed by atoms with E-state index in [0.29, 0.717) is 22.7 Å². The molecule has 2 rings (SSSR count). The first kappa shape index (κ1) is 12.7. The Kier molecular flexibility index (Phi) is 3.94. The molecule has 92 valence electrons. The second-order valence-electron chi connectivity index (χ2n) is 4.34. The minimum Gasteiger partial charge on any atom is -0.335 e. The second-order valence-corrected chi connectivity index (χ2v) is 5.78. The maximum absolute atomic E-state index is 13.1. The van der Waals surface area contributed by atoms with Gasteiger partial charge in [0.1, 0.15) is 5.82 Å². The molecule has 2 nitrogen and oxygen atoms in total. The third kappa shape index (κ3) is 3.36. The summed E-state index contributed by atoms with van der Waals surface area (Å²) >= 11 is 7.45. The highest BCUT2D eigenvalue weighted by Crippen LogP contribution is 2.25. The van der Waals surface area contributed by atoms with Crippen molar-refractivity contribution in [3.05, 3.63) is 29.0 Å². The predicted octanol–water partition coefficient (Wildman–Crippen LogP) is 4.02. The van der Waals surface area contributed by atoms with Crippen LogP contribution in [0.15, 0.2) is 23.2 Å². The summed E-state index contributed by atoms with van der Waals surface area (Å²) in [6, 6.07) is 4.73. The molecule has 5 heteroatoms. The van der Waals surface area contributed by atoms with Gasteiger partial charge in [0.15, 0.2) is 5.17 Å². The summed E-state index contributed by atoms with van der Waals surface area (Å²) < 4.78 is 13.1. The van der Waals surface area contributed by atoms with Crippen LogP contribution < -0.4 is 5.32 Å². The number of nitrogens with zero attached hydrogens (tertiary/aromatic N) is 1. The highest BCUT2D eigenvalue weighted by atomic mass is 35.5. The van der Waals surface area contributed by atoms with Gasteiger partial charge in [-0.1, -0.05) is 37.2 Å². The Balaban J connectivity index is 2.09. The zero-order valence-electron chi connectivity index (χ0n) is 9.71. The van der Waals surface area contributed by atoms with Crippen LogP contribution >= 0.6 is 23.4 Å². The zero-order chi connectivity index (χ0) is 12.4. The van der Waals surface area contributed by atoms with Crippen molar-refractivity contribution in [2.24, 2.45) is 10.9 Å². The number of hydrogen-bond acceptors (Lipinski definition) is 3. The fourth-order valence-corrected chi connectivity index (χ4v) is 2.96. The number of thioether (sulfide) groups is 1. The molecule has 0 bridgehead atoms. The van der Waals surface area contributed by atoms with E-state index in [1.54, 1.807) is 17.8 Å². The van der Waals surface area contributed by atoms with Crippen LogP contribution in [0.5, 0.6) is 0 Å². The van der Waals surface area contributed by atoms with Gasteiger partial charge in [0, 0.05) is 16.5 Å². The lowest BCUT2D eigenvalue weighted by atomic mass is 10.1. The Labute approximate surface area is 110 Å². The smallest absolute Gasteiger partial charge is 0.161 e. The zero-order valence-corrected chi connectivity index (χ0v) is 11.3. The van der Waals surface area contributed by atoms with Crippen LogP contribution in [0.1, 0.15) is 13.8 Å². The molecule has 1 aliphatic heterocycles. The Morgan fingerprint density at radius 1 is 1.47 bits per heavy atom. The van der Waals surface area contributed by atoms with Gasteiger partial charge in [0.25, 0.3) is 0 Å². The van der Waals surface area contributed by atoms with E-state index in [1.807, 2.05) is 0 Å². The molecule has 1 heterocycles. The molecule has 1 aliphatic rings. The van der Waals surface area contributed by atoms with Crippen LogP contribution in [0.2, 0.25) is 5.02 Å². The summed E-state index contributed by atoms with van der Waals surface area (Å²) in [6.07, 6.45) is 0. The largest absolute Gasteiger partial charge is 0.335 e. The second kappa shape index (κ2) is 5.27. The van der Waals surface area contributed by atoms with E-state index in [4.69, 9.17) is 11.6 Å². The molecule has 1 atom stereocenters. The Hall–Kier alpha value is -0.740. The molecule has 0 amide bonds. The van der Waals surface area contributed by atoms with Gasteiger partial charge >= 0.3 is 0 Å². The SMILES string of the molecule is CC(C)C1CSC(Nc2cc(F)cc(Cl)c2)=N1. The van der Waals surface area contributed by atoms with Crippen molar-refractivity contribution in [1.29, 1.82) is 0 Å². The lowest BCUT2D eigenvalue weighted by Gasteiger charge is -2.08. The summed E-state index contributed by atoms with van der Waals surface area (Å²) in [7, 11) is 0. The molecular weight excluding hydrogens is 259 g/mol. The maximum Gasteiger partial charge on any atom is 0.161 e. The van der Waals surface area contributed by atoms with Gasteiger partial charge in [-0.05, 0) is 24.1 Å². The average Bonchev–Trinajstić information content (AvgIpc) is 2.64. The summed E-state index contributed by atoms with van der Waals surface area (Å²) in [5.41, 5.74) is 0.644. The molecule has 0 fully saturated rings. The molecule has 0 radical (unpaired) electrons. The first-order valence-corrected chi connectivity index (χ1v) is 6.84. The molecule has 0 saturated heterocycles. The van der Waals surface area contributed by atoms with Crippen LogP contribution in [0.25, 0.3) is 0 Å². The molecular formula is C12H14ClFN2S. The number of rotatable bonds is 2. The molecule has 1 aromatic carbocycles. The molecule has 1 N–H and O–H groups in total. The first-order valence-electron chi connectivity index (χ1n) is 5.48. The minimum absolute atomic E-state index is 0.339. The minimum atomic E-state index is -0.344. The van der Waals surface area contributed by atoms with Crippen LogP contribution in [0.3, 0.4) is 0 Å². The van der Waals surface area contributed by atoms with Crippen LogP contribution in [-0.2, 0) is 0 Å². The van der Waals surface area contributed by atoms with Crippen molar-refractivity contribution < 1.29 is 4.39 Å². The van der Waals surface area contributed by atoms with E-state index in [9.17, 15) is 4.39 Å². The van der Waals surface area contributed by atoms with Gasteiger partial charge in [0.05, 0.1) is 6.04 Å². The molecule has 0 aliphatic carbocycles. The summed E-state index contributed by atoms with van der Waals surface area (Å²) in [5.74, 6) is 1.16. The standard InChI is InChI=1S/C12H14ClFN2S/c1-7(2)11-6-17-12(16-11)15-10-4-8(13)3-9(14)5-10/h3-5,7,11H,6H2,1-2H3,(H,15,16). The van der Waals surface area contributed by atoms with E-state index < -0.39 is 0 Å². The van der Waals surface area contributed by atoms with E-state index in [2.05, 4.69) is 24.2 Å². The van der Waals surface area contributed by atoms with E-state index >= 15 is 0 Å². The van der Waals surface area contributed by atoms with E-state index in [1.165, 1.54) is 12.1 Å². The fourth-order valence-electron chi connectivity index (χ4n) is 1.55. The predicted molar refractivity (Wildman–Crippen MR) is 73.6 cm³/mol. The fraction of sp³-hybridized carbons (Fsp3) is 0.417. The number of nitrogens with one attached hydrogen (secondary N) is 1. The highest BCUT2D eigenvalue weighted by molar-refractivity contribution is 8.14. The Morgan fingerprint density at radius 2 is 2.24 bits per heavy atom. The van der Waals surface area contributed by atoms with Gasteiger partial charge in [-0.2, -0.15) is 0 Å². The maximum atomic E-state index is 13.1. The lowest BCUT2D eigenvalue weighted by molar-refractivity contribution is 0.543. The number of aliphatic imine (C=N–C) groups is 1. The molecule has 0 spiro atoms. The van der Waals surface area contributed by atoms with Gasteiger partial charge in [-0.3, -0.25) is 4.99 Å². The molecule has 1 aromatic rings. The van der Waals surface area contributed by atoms with Gasteiger partial charge in [-0.25, -0.2) is 4.39 Å². The molecule has 0 aromatic heterocycles. The summed E-state index contributed by atoms with van der Waals surface area (Å²) in [4.78, 5) is 4.55. The van der Waals surface area contributed by atoms with Gasteiger partial charge in [-0.15, -0.1) is 0 Å². The van der Waals surface area contributed by atoms with Crippen molar-refractivity contribution in [2.45, 2.75) is 19.9 Å². The monoisotopic (exact) mass is 272 g/mol. The van der Waals surface area contributed by atoms with Crippen molar-refractivity contribution >= 4 is 34.2 Å². The van der Waals surface area contributed by atoms with Crippen molar-refractivity contribution in [3.63, 3.8) is 0 Å². The molecule has 1 unspecified atom stereocenters. The van der Waals surface area contributed by atoms with Gasteiger partial charge in [0.2, 0.25) is 0 Å². The summed E-state index contributed by atoms with van der Waals surface area (Å²) in [6.45, 7) is 4.30. The van der Waals surface area contributed by atoms with Crippen molar-refractivity contribution in [2.75, 3.05) is 11.1 Å². The normalized spacial score (nSPS) is 19.6. The number of amidine groups is 1. The molecule has 17 heavy (non-hydrogen) atoms. The van der Waals surface area contributed by atoms with Crippen LogP contribution in [0, 0.1) is 11.7 Å². The lowest BCUT2D eigenvalue weighted by Crippen LogP contribution is -2.12. The average molecular weight is 273 g/mol. The quantitative estimate of drug-likeness (QED) is 0.879. The number of halogens is 2. The van der Waals surface area contributed by atoms with Crippen LogP contribution in [-0.4, -0.2) is 17.0 Å². The van der Waals surface area contributed by atoms with Crippen molar-refractivity contribution in [3.8, 4) is 0 Å². The Bertz CT molecular complexity index is 428. The first-order chi connectivity index (χ1) is 8.04. The number of anilines is 1. The number of hydrogen-bond donors (Lipinski definition) is 1. The van der Waals surface area contributed by atoms with Gasteiger partial charge < -0.3 is 5.32 Å². The Morgan fingerprint density at radius 3 is 2.82 bits per heavy atom.